The minimum absolute atomic E-state index is 0.143. The second-order valence-electron chi connectivity index (χ2n) is 3.97. The summed E-state index contributed by atoms with van der Waals surface area (Å²) in [6, 6.07) is 0. The number of nitrogens with zero attached hydrogens (tertiary/aromatic N) is 1. The van der Waals surface area contributed by atoms with Crippen molar-refractivity contribution in [2.45, 2.75) is 26.2 Å². The van der Waals surface area contributed by atoms with Gasteiger partial charge in [-0.1, -0.05) is 43.0 Å². The molecule has 0 saturated carbocycles. The van der Waals surface area contributed by atoms with E-state index in [4.69, 9.17) is 38.4 Å². The number of nitrogens with two attached hydrogens (primary N) is 1. The largest absolute Gasteiger partial charge is 0.464 e. The maximum absolute atomic E-state index is 13.3. The van der Waals surface area contributed by atoms with Crippen molar-refractivity contribution in [1.82, 2.24) is 4.98 Å². The molecule has 20 heavy (non-hydrogen) atoms. The van der Waals surface area contributed by atoms with Crippen LogP contribution in [0, 0.1) is 5.95 Å². The first-order valence-corrected chi connectivity index (χ1v) is 6.81. The monoisotopic (exact) mass is 324 g/mol. The van der Waals surface area contributed by atoms with Crippen LogP contribution in [0.2, 0.25) is 10.0 Å². The molecule has 1 rings (SSSR count). The number of rotatable bonds is 7. The molecule has 0 aliphatic rings. The maximum Gasteiger partial charge on any atom is 0.344 e. The Bertz CT molecular complexity index is 486. The van der Waals surface area contributed by atoms with Gasteiger partial charge in [-0.25, -0.2) is 4.79 Å². The minimum Gasteiger partial charge on any atom is -0.464 e. The van der Waals surface area contributed by atoms with Crippen LogP contribution in [-0.2, 0) is 9.53 Å². The Morgan fingerprint density at radius 3 is 2.70 bits per heavy atom. The van der Waals surface area contributed by atoms with E-state index in [2.05, 4.69) is 4.98 Å². The third-order valence-corrected chi connectivity index (χ3v) is 3.10. The van der Waals surface area contributed by atoms with Crippen LogP contribution >= 0.6 is 23.2 Å². The number of aromatic nitrogens is 1. The van der Waals surface area contributed by atoms with Crippen LogP contribution in [0.15, 0.2) is 0 Å². The molecule has 112 valence electrons. The van der Waals surface area contributed by atoms with Crippen LogP contribution in [-0.4, -0.2) is 24.2 Å². The first-order valence-electron chi connectivity index (χ1n) is 6.05. The third-order valence-electron chi connectivity index (χ3n) is 2.38. The number of ether oxygens (including phenoxy) is 2. The standard InChI is InChI=1S/C12H15Cl2FN2O3/c1-2-3-4-5-19-7(18)6-20-12-9(14)10(16)8(13)11(15)17-12/h2-6H2,1H3,(H2,16,17). The smallest absolute Gasteiger partial charge is 0.344 e. The van der Waals surface area contributed by atoms with E-state index in [0.717, 1.165) is 19.3 Å². The van der Waals surface area contributed by atoms with Crippen molar-refractivity contribution in [2.24, 2.45) is 0 Å². The summed E-state index contributed by atoms with van der Waals surface area (Å²) in [6.45, 7) is 1.92. The number of unbranched alkanes of at least 4 members (excludes halogenated alkanes) is 2. The highest BCUT2D eigenvalue weighted by Gasteiger charge is 2.17. The molecular weight excluding hydrogens is 310 g/mol. The van der Waals surface area contributed by atoms with Gasteiger partial charge < -0.3 is 15.2 Å². The summed E-state index contributed by atoms with van der Waals surface area (Å²) in [7, 11) is 0. The van der Waals surface area contributed by atoms with E-state index >= 15 is 0 Å². The van der Waals surface area contributed by atoms with Gasteiger partial charge in [-0.05, 0) is 6.42 Å². The Morgan fingerprint density at radius 1 is 1.35 bits per heavy atom. The summed E-state index contributed by atoms with van der Waals surface area (Å²) in [5.41, 5.74) is 5.28. The maximum atomic E-state index is 13.3. The Morgan fingerprint density at radius 2 is 2.05 bits per heavy atom. The number of carbonyl (C=O) groups excluding carboxylic acids is 1. The zero-order valence-electron chi connectivity index (χ0n) is 10.9. The molecule has 0 fully saturated rings. The SMILES string of the molecule is CCCCCOC(=O)COc1nc(F)c(Cl)c(N)c1Cl. The molecule has 1 aromatic heterocycles. The van der Waals surface area contributed by atoms with Crippen molar-refractivity contribution in [1.29, 1.82) is 0 Å². The average Bonchev–Trinajstić information content (AvgIpc) is 2.43. The molecule has 5 nitrogen and oxygen atoms in total. The Labute approximate surface area is 126 Å². The van der Waals surface area contributed by atoms with Crippen LogP contribution in [0.5, 0.6) is 5.88 Å². The summed E-state index contributed by atoms with van der Waals surface area (Å²) in [5.74, 6) is -1.90. The highest BCUT2D eigenvalue weighted by Crippen LogP contribution is 2.35. The summed E-state index contributed by atoms with van der Waals surface area (Å²) in [6.07, 6.45) is 2.78. The molecule has 0 spiro atoms. The van der Waals surface area contributed by atoms with Crippen LogP contribution in [0.25, 0.3) is 0 Å². The van der Waals surface area contributed by atoms with E-state index in [1.807, 2.05) is 6.92 Å². The molecule has 8 heteroatoms. The van der Waals surface area contributed by atoms with Crippen molar-refractivity contribution < 1.29 is 18.7 Å². The fraction of sp³-hybridized carbons (Fsp3) is 0.500. The average molecular weight is 325 g/mol. The number of hydrogen-bond donors (Lipinski definition) is 1. The van der Waals surface area contributed by atoms with E-state index in [0.29, 0.717) is 6.61 Å². The highest BCUT2D eigenvalue weighted by molar-refractivity contribution is 6.39. The summed E-state index contributed by atoms with van der Waals surface area (Å²) in [5, 5.41) is -0.528. The Balaban J connectivity index is 2.52. The lowest BCUT2D eigenvalue weighted by atomic mass is 10.3. The fourth-order valence-electron chi connectivity index (χ4n) is 1.31. The van der Waals surface area contributed by atoms with E-state index in [1.165, 1.54) is 0 Å². The van der Waals surface area contributed by atoms with E-state index in [1.54, 1.807) is 0 Å². The summed E-state index contributed by atoms with van der Waals surface area (Å²) < 4.78 is 23.1. The van der Waals surface area contributed by atoms with E-state index in [9.17, 15) is 9.18 Å². The molecule has 1 heterocycles. The van der Waals surface area contributed by atoms with Gasteiger partial charge in [0.05, 0.1) is 12.3 Å². The Hall–Kier alpha value is -1.27. The predicted molar refractivity (Wildman–Crippen MR) is 74.6 cm³/mol. The summed E-state index contributed by atoms with van der Waals surface area (Å²) >= 11 is 11.3. The third kappa shape index (κ3) is 4.68. The molecule has 0 aliphatic carbocycles. The van der Waals surface area contributed by atoms with Crippen molar-refractivity contribution in [3.8, 4) is 5.88 Å². The predicted octanol–water partition coefficient (Wildman–Crippen LogP) is 3.22. The topological polar surface area (TPSA) is 74.4 Å². The van der Waals surface area contributed by atoms with Gasteiger partial charge in [0, 0.05) is 0 Å². The van der Waals surface area contributed by atoms with Crippen molar-refractivity contribution in [3.05, 3.63) is 16.0 Å². The van der Waals surface area contributed by atoms with Gasteiger partial charge in [0.2, 0.25) is 11.8 Å². The van der Waals surface area contributed by atoms with Gasteiger partial charge in [-0.2, -0.15) is 9.37 Å². The molecule has 0 atom stereocenters. The van der Waals surface area contributed by atoms with Gasteiger partial charge in [-0.15, -0.1) is 0 Å². The lowest BCUT2D eigenvalue weighted by molar-refractivity contribution is -0.146. The first-order chi connectivity index (χ1) is 9.47. The van der Waals surface area contributed by atoms with Crippen LogP contribution in [0.3, 0.4) is 0 Å². The normalized spacial score (nSPS) is 10.4. The molecule has 0 saturated heterocycles. The molecule has 0 aromatic carbocycles. The van der Waals surface area contributed by atoms with Crippen molar-refractivity contribution in [3.63, 3.8) is 0 Å². The van der Waals surface area contributed by atoms with Gasteiger partial charge in [-0.3, -0.25) is 0 Å². The number of anilines is 1. The van der Waals surface area contributed by atoms with Crippen LogP contribution in [0.1, 0.15) is 26.2 Å². The number of pyridine rings is 1. The molecule has 0 unspecified atom stereocenters. The lowest BCUT2D eigenvalue weighted by Gasteiger charge is -2.09. The second kappa shape index (κ2) is 8.11. The minimum atomic E-state index is -1.01. The second-order valence-corrected chi connectivity index (χ2v) is 4.72. The van der Waals surface area contributed by atoms with Gasteiger partial charge in [0.15, 0.2) is 6.61 Å². The molecule has 0 amide bonds. The first kappa shape index (κ1) is 16.8. The zero-order chi connectivity index (χ0) is 15.1. The molecule has 2 N–H and O–H groups in total. The molecule has 0 radical (unpaired) electrons. The van der Waals surface area contributed by atoms with Crippen LogP contribution < -0.4 is 10.5 Å². The Kier molecular flexibility index (Phi) is 6.81. The quantitative estimate of drug-likeness (QED) is 0.473. The van der Waals surface area contributed by atoms with Gasteiger partial charge in [0.1, 0.15) is 10.0 Å². The van der Waals surface area contributed by atoms with Gasteiger partial charge in [0.25, 0.3) is 0 Å². The number of halogens is 3. The fourth-order valence-corrected chi connectivity index (χ4v) is 1.69. The highest BCUT2D eigenvalue weighted by atomic mass is 35.5. The van der Waals surface area contributed by atoms with E-state index < -0.39 is 18.5 Å². The van der Waals surface area contributed by atoms with Gasteiger partial charge >= 0.3 is 5.97 Å². The lowest BCUT2D eigenvalue weighted by Crippen LogP contribution is -2.16. The van der Waals surface area contributed by atoms with Crippen molar-refractivity contribution in [2.75, 3.05) is 18.9 Å². The summed E-state index contributed by atoms with van der Waals surface area (Å²) in [4.78, 5) is 14.7. The number of nitrogen functional groups attached to an aromatic ring is 1. The number of hydrogen-bond acceptors (Lipinski definition) is 5. The zero-order valence-corrected chi connectivity index (χ0v) is 12.4. The molecular formula is C12H15Cl2FN2O3. The van der Waals surface area contributed by atoms with Crippen LogP contribution in [0.4, 0.5) is 10.1 Å². The number of carbonyl (C=O) groups is 1. The van der Waals surface area contributed by atoms with Crippen molar-refractivity contribution >= 4 is 34.9 Å². The molecule has 0 aliphatic heterocycles. The van der Waals surface area contributed by atoms with E-state index in [-0.39, 0.29) is 21.6 Å². The molecule has 1 aromatic rings. The number of esters is 1. The molecule has 0 bridgehead atoms.